The normalized spacial score (nSPS) is 49.5. The number of ether oxygens (including phenoxy) is 9. The van der Waals surface area contributed by atoms with E-state index in [1.807, 2.05) is 0 Å². The van der Waals surface area contributed by atoms with Crippen molar-refractivity contribution < 1.29 is 144 Å². The molecule has 0 radical (unpaired) electrons. The van der Waals surface area contributed by atoms with Crippen LogP contribution in [0.2, 0.25) is 0 Å². The number of carboxylic acids is 2. The van der Waals surface area contributed by atoms with Crippen LogP contribution in [0.25, 0.3) is 0 Å². The van der Waals surface area contributed by atoms with Crippen LogP contribution in [-0.4, -0.2) is 267 Å². The molecule has 4 heterocycles. The summed E-state index contributed by atoms with van der Waals surface area (Å²) in [7, 11) is 0. The number of carbonyl (C=O) groups excluding carboxylic acids is 2. The monoisotopic (exact) mass is 1280 g/mol. The largest absolute Gasteiger partial charge is 0.481 e. The third-order valence-electron chi connectivity index (χ3n) is 22.8. The molecule has 0 aromatic rings. The van der Waals surface area contributed by atoms with E-state index in [-0.39, 0.29) is 22.7 Å². The van der Waals surface area contributed by atoms with Gasteiger partial charge >= 0.3 is 23.9 Å². The predicted octanol–water partition coefficient (Wildman–Crippen LogP) is -2.80. The molecule has 30 atom stereocenters. The van der Waals surface area contributed by atoms with Crippen molar-refractivity contribution in [3.05, 3.63) is 11.6 Å². The van der Waals surface area contributed by atoms with Crippen LogP contribution in [0.4, 0.5) is 0 Å². The van der Waals surface area contributed by atoms with Gasteiger partial charge in [-0.25, -0.2) is 0 Å². The molecule has 0 bridgehead atoms. The summed E-state index contributed by atoms with van der Waals surface area (Å²) in [6.45, 7) is 10.0. The van der Waals surface area contributed by atoms with Gasteiger partial charge in [0.2, 0.25) is 6.29 Å². The van der Waals surface area contributed by atoms with Gasteiger partial charge in [0.05, 0.1) is 55.2 Å². The van der Waals surface area contributed by atoms with Gasteiger partial charge < -0.3 is 124 Å². The zero-order valence-electron chi connectivity index (χ0n) is 51.2. The predicted molar refractivity (Wildman–Crippen MR) is 296 cm³/mol. The lowest BCUT2D eigenvalue weighted by molar-refractivity contribution is -0.377. The highest BCUT2D eigenvalue weighted by molar-refractivity contribution is 5.79. The number of carboxylic acid groups (broad SMARTS) is 2. The summed E-state index contributed by atoms with van der Waals surface area (Å²) in [6, 6.07) is 0. The van der Waals surface area contributed by atoms with Gasteiger partial charge in [0.25, 0.3) is 0 Å². The van der Waals surface area contributed by atoms with Crippen LogP contribution in [0, 0.1) is 50.2 Å². The van der Waals surface area contributed by atoms with Crippen LogP contribution in [-0.2, 0) is 61.8 Å². The second kappa shape index (κ2) is 25.8. The lowest BCUT2D eigenvalue weighted by Crippen LogP contribution is -2.67. The molecule has 29 heteroatoms. The zero-order valence-corrected chi connectivity index (χ0v) is 51.2. The summed E-state index contributed by atoms with van der Waals surface area (Å²) in [4.78, 5) is 52.9. The minimum absolute atomic E-state index is 0.0209. The lowest BCUT2D eigenvalue weighted by atomic mass is 9.33. The van der Waals surface area contributed by atoms with Gasteiger partial charge in [-0.3, -0.25) is 19.2 Å². The number of esters is 2. The highest BCUT2D eigenvalue weighted by Crippen LogP contribution is 2.76. The third-order valence-corrected chi connectivity index (χ3v) is 22.8. The second-order valence-corrected chi connectivity index (χ2v) is 28.8. The summed E-state index contributed by atoms with van der Waals surface area (Å²) < 4.78 is 52.9. The van der Waals surface area contributed by atoms with E-state index in [4.69, 9.17) is 42.6 Å². The summed E-state index contributed by atoms with van der Waals surface area (Å²) in [5.41, 5.74) is -5.24. The number of aliphatic carboxylic acids is 2. The molecule has 29 nitrogen and oxygen atoms in total. The third kappa shape index (κ3) is 12.5. The van der Waals surface area contributed by atoms with Gasteiger partial charge in [-0.1, -0.05) is 46.3 Å². The van der Waals surface area contributed by atoms with E-state index in [1.165, 1.54) is 0 Å². The molecule has 5 aliphatic carbocycles. The van der Waals surface area contributed by atoms with E-state index in [0.29, 0.717) is 64.2 Å². The van der Waals surface area contributed by atoms with Gasteiger partial charge in [0.1, 0.15) is 104 Å². The molecule has 0 spiro atoms. The second-order valence-electron chi connectivity index (χ2n) is 28.8. The van der Waals surface area contributed by atoms with Crippen molar-refractivity contribution in [3.63, 3.8) is 0 Å². The van der Waals surface area contributed by atoms with Crippen LogP contribution >= 0.6 is 0 Å². The molecule has 16 N–H and O–H groups in total. The smallest absolute Gasteiger partial charge is 0.315 e. The molecule has 89 heavy (non-hydrogen) atoms. The molecule has 9 aliphatic rings. The Balaban J connectivity index is 1.02. The van der Waals surface area contributed by atoms with Crippen molar-refractivity contribution in [2.75, 3.05) is 26.4 Å². The number of carbonyl (C=O) groups is 4. The first-order chi connectivity index (χ1) is 41.4. The topological polar surface area (TPSA) is 475 Å². The Bertz CT molecular complexity index is 2580. The van der Waals surface area contributed by atoms with Crippen molar-refractivity contribution >= 4 is 23.9 Å². The number of aliphatic hydroxyl groups is 14. The molecule has 8 fully saturated rings. The van der Waals surface area contributed by atoms with Crippen molar-refractivity contribution in [3.8, 4) is 0 Å². The average molecular weight is 1280 g/mol. The molecule has 4 unspecified atom stereocenters. The highest BCUT2D eigenvalue weighted by atomic mass is 16.8. The summed E-state index contributed by atoms with van der Waals surface area (Å²) in [5.74, 6) is -5.12. The van der Waals surface area contributed by atoms with Gasteiger partial charge in [-0.05, 0) is 117 Å². The minimum atomic E-state index is -2.17. The number of allylic oxidation sites excluding steroid dienone is 2. The molecule has 4 saturated heterocycles. The van der Waals surface area contributed by atoms with E-state index in [2.05, 4.69) is 40.7 Å². The average Bonchev–Trinajstić information content (AvgIpc) is 0.761. The first-order valence-electron chi connectivity index (χ1n) is 31.0. The maximum atomic E-state index is 15.7. The Morgan fingerprint density at radius 1 is 0.584 bits per heavy atom. The fourth-order valence-corrected chi connectivity index (χ4v) is 17.2. The minimum Gasteiger partial charge on any atom is -0.481 e. The maximum absolute atomic E-state index is 15.7. The van der Waals surface area contributed by atoms with Crippen LogP contribution in [0.3, 0.4) is 0 Å². The molecule has 508 valence electrons. The summed E-state index contributed by atoms with van der Waals surface area (Å²) >= 11 is 0. The van der Waals surface area contributed by atoms with Gasteiger partial charge in [0.15, 0.2) is 18.9 Å². The molecular weight excluding hydrogens is 1180 g/mol. The van der Waals surface area contributed by atoms with Crippen molar-refractivity contribution in [2.45, 2.75) is 260 Å². The number of hydrogen-bond donors (Lipinski definition) is 16. The van der Waals surface area contributed by atoms with E-state index in [9.17, 15) is 96.1 Å². The van der Waals surface area contributed by atoms with E-state index in [1.54, 1.807) is 6.92 Å². The van der Waals surface area contributed by atoms with Crippen molar-refractivity contribution in [2.24, 2.45) is 50.2 Å². The first-order valence-corrected chi connectivity index (χ1v) is 31.0. The van der Waals surface area contributed by atoms with Crippen molar-refractivity contribution in [1.29, 1.82) is 0 Å². The van der Waals surface area contributed by atoms with Crippen LogP contribution in [0.5, 0.6) is 0 Å². The Morgan fingerprint density at radius 3 is 1.72 bits per heavy atom. The number of hydrogen-bond acceptors (Lipinski definition) is 27. The molecular formula is C60H94O29. The van der Waals surface area contributed by atoms with Crippen LogP contribution < -0.4 is 0 Å². The fourth-order valence-electron chi connectivity index (χ4n) is 17.2. The molecule has 0 aromatic heterocycles. The lowest BCUT2D eigenvalue weighted by Gasteiger charge is -2.71. The fraction of sp³-hybridized carbons (Fsp3) is 0.900. The standard InChI is InChI=1S/C60H94O29/c1-54(2)14-16-60(17-15-57(5)25(26(60)18-54)8-9-31-56(4)12-11-33(63)59(7,52(77)78)32(56)10-13-58(31,57)6)53(79)89-50-45(76)46(87-48-43(74)40(71)36(67)27(21-61)83-48)39(70)30(85-50)24-82-51-47(88-49-44(75)41(72)37(68)28(22-62)84-49)42(73)38(69)29(86-51)23-81-35(66)20-55(3,80)19-34(64)65/h8,26-33,36-51,61-63,67-76,80H,9-24H2,1-7H3,(H,64,65)(H,77,78)/t26?,27-,28-,29-,30-,31?,32?,33+,36-,37-,38-,39-,40+,41+,42+,43-,44-,45-,46+,47-,48+,49+,50+,51-,55?,56-,57-,58-,59+,60+/m1/s1. The highest BCUT2D eigenvalue weighted by Gasteiger charge is 2.71. The Hall–Kier alpha value is -3.22. The summed E-state index contributed by atoms with van der Waals surface area (Å²) in [6.07, 6.45) is -34.7. The zero-order chi connectivity index (χ0) is 65.6. The number of aliphatic hydroxyl groups excluding tert-OH is 13. The Labute approximate surface area is 514 Å². The van der Waals surface area contributed by atoms with Gasteiger partial charge in [0, 0.05) is 0 Å². The maximum Gasteiger partial charge on any atom is 0.315 e. The molecule has 4 aliphatic heterocycles. The van der Waals surface area contributed by atoms with E-state index < -0.39 is 225 Å². The number of rotatable bonds is 18. The molecule has 0 amide bonds. The van der Waals surface area contributed by atoms with Gasteiger partial charge in [-0.2, -0.15) is 0 Å². The first kappa shape index (κ1) is 70.1. The van der Waals surface area contributed by atoms with Crippen molar-refractivity contribution in [1.82, 2.24) is 0 Å². The van der Waals surface area contributed by atoms with E-state index >= 15 is 4.79 Å². The SMILES string of the molecule is CC1(C)CC[C@]2(C(=O)O[C@@H]3O[C@H](CO[C@@H]4O[C@H](COC(=O)CC(C)(O)CC(=O)O)[C@@H](O)[C@H](O)[C@H]4O[C@@H]4O[C@H](CO)[C@@H](O)[C@H](O)[C@H]4O)[C@@H](O)[C@H](O[C@@H]4O[C@H](CO)[C@@H](O)[C@H](O)[C@H]4O)[C@H]3O)CC[C@]3(C)C(=CCC4[C@@]5(C)CC[C@H](O)[C@@](C)(C(=O)O)C5CC[C@]43C)C2C1. The molecule has 9 rings (SSSR count). The van der Waals surface area contributed by atoms with Crippen LogP contribution in [0.1, 0.15) is 126 Å². The molecule has 4 saturated carbocycles. The Kier molecular flexibility index (Phi) is 20.3. The molecule has 0 aromatic carbocycles. The summed E-state index contributed by atoms with van der Waals surface area (Å²) in [5, 5.41) is 174. The van der Waals surface area contributed by atoms with Gasteiger partial charge in [-0.15, -0.1) is 0 Å². The quantitative estimate of drug-likeness (QED) is 0.0487. The Morgan fingerprint density at radius 2 is 1.13 bits per heavy atom. The number of fused-ring (bicyclic) bond motifs is 7. The van der Waals surface area contributed by atoms with Crippen LogP contribution in [0.15, 0.2) is 11.6 Å². The van der Waals surface area contributed by atoms with E-state index in [0.717, 1.165) is 12.5 Å².